The number of methoxy groups -OCH3 is 1. The number of rotatable bonds is 8. The van der Waals surface area contributed by atoms with Gasteiger partial charge in [0.25, 0.3) is 7.40 Å². The van der Waals surface area contributed by atoms with Gasteiger partial charge in [0.05, 0.1) is 78.8 Å². The van der Waals surface area contributed by atoms with Crippen molar-refractivity contribution in [3.05, 3.63) is 396 Å². The second-order valence-electron chi connectivity index (χ2n) is 31.2. The molecule has 12 aromatic carbocycles. The average molecular weight is 2420 g/mol. The molecule has 0 unspecified atom stereocenters. The number of carboxylic acid groups (broad SMARTS) is 1. The topological polar surface area (TPSA) is 342 Å². The number of ether oxygens (including phenoxy) is 2. The third kappa shape index (κ3) is 22.5. The molecule has 0 amide bonds. The molecule has 0 fully saturated rings. The van der Waals surface area contributed by atoms with E-state index < -0.39 is 5.97 Å². The van der Waals surface area contributed by atoms with Crippen molar-refractivity contribution in [1.29, 1.82) is 1.43 Å². The number of fused-ring (bicyclic) bond motifs is 31. The summed E-state index contributed by atoms with van der Waals surface area (Å²) in [5, 5.41) is 21.1. The number of aliphatic carboxylic acids is 1. The summed E-state index contributed by atoms with van der Waals surface area (Å²) in [6.45, 7) is 3.19. The molecule has 0 saturated carbocycles. The number of aromatic amines is 2. The van der Waals surface area contributed by atoms with E-state index in [0.29, 0.717) is 0 Å². The van der Waals surface area contributed by atoms with Crippen molar-refractivity contribution in [3.8, 4) is 40.3 Å². The molecule has 4 N–H and O–H groups in total. The number of nitrogens with zero attached hydrogens (tertiary/aromatic N) is 18. The molecule has 0 aliphatic carbocycles. The largest absolute Gasteiger partial charge is 1.00 e. The third-order valence-electron chi connectivity index (χ3n) is 22.7. The van der Waals surface area contributed by atoms with Crippen LogP contribution in [0.1, 0.15) is 27.3 Å². The maximum absolute atomic E-state index is 11.8. The van der Waals surface area contributed by atoms with E-state index in [2.05, 4.69) is 253 Å². The van der Waals surface area contributed by atoms with Gasteiger partial charge in [0, 0.05) is 139 Å². The van der Waals surface area contributed by atoms with Gasteiger partial charge in [-0.1, -0.05) is 158 Å². The van der Waals surface area contributed by atoms with E-state index in [4.69, 9.17) is 45.5 Å². The average Bonchev–Trinajstić information content (AvgIpc) is 1.55. The number of para-hydroxylation sites is 10. The van der Waals surface area contributed by atoms with Gasteiger partial charge in [-0.25, -0.2) is 60.1 Å². The maximum Gasteiger partial charge on any atom is 1.00 e. The Kier molecular flexibility index (Phi) is 36.1. The van der Waals surface area contributed by atoms with Gasteiger partial charge in [-0.15, -0.1) is 17.0 Å². The van der Waals surface area contributed by atoms with E-state index in [1.807, 2.05) is 187 Å². The molecule has 0 atom stereocenters. The van der Waals surface area contributed by atoms with Crippen molar-refractivity contribution in [2.24, 2.45) is 0 Å². The van der Waals surface area contributed by atoms with Crippen LogP contribution in [0.4, 0.5) is 4.39 Å². The predicted octanol–water partition coefficient (Wildman–Crippen LogP) is 21.1. The Morgan fingerprint density at radius 1 is 0.414 bits per heavy atom. The van der Waals surface area contributed by atoms with E-state index in [9.17, 15) is 9.18 Å². The molecule has 27 aromatic rings. The number of carbonyl (C=O) groups is 2. The second-order valence-corrected chi connectivity index (χ2v) is 33.6. The van der Waals surface area contributed by atoms with Crippen LogP contribution in [-0.4, -0.2) is 127 Å². The van der Waals surface area contributed by atoms with Crippen LogP contribution in [-0.2, 0) is 14.5 Å². The zero-order valence-electron chi connectivity index (χ0n) is 77.6. The Morgan fingerprint density at radius 2 is 0.841 bits per heavy atom. The van der Waals surface area contributed by atoms with E-state index in [-0.39, 0.29) is 182 Å². The number of aryl methyl sites for hydroxylation is 1. The fraction of sp³-hybridized carbons (Fsp3) is 0.0455. The summed E-state index contributed by atoms with van der Waals surface area (Å²) in [5.74, 6) is 4.16. The van der Waals surface area contributed by atoms with Crippen LogP contribution in [0.15, 0.2) is 378 Å². The van der Waals surface area contributed by atoms with E-state index in [1.54, 1.807) is 76.0 Å². The summed E-state index contributed by atoms with van der Waals surface area (Å²) >= 11 is 9.91. The molecule has 15 heterocycles. The number of pyridine rings is 5. The van der Waals surface area contributed by atoms with Crippen LogP contribution in [0.2, 0.25) is 0 Å². The minimum absolute atomic E-state index is 0. The maximum atomic E-state index is 11.8. The number of H-pyrrole nitrogens is 2. The van der Waals surface area contributed by atoms with Crippen molar-refractivity contribution in [1.82, 2.24) is 97.1 Å². The monoisotopic (exact) mass is 2410 g/mol. The summed E-state index contributed by atoms with van der Waals surface area (Å²) in [5.41, 5.74) is 22.1. The molecule has 0 aliphatic heterocycles. The summed E-state index contributed by atoms with van der Waals surface area (Å²) < 4.78 is 39.9. The minimum Gasteiger partial charge on any atom is -0.497 e. The van der Waals surface area contributed by atoms with Gasteiger partial charge in [-0.3, -0.25) is 46.7 Å². The van der Waals surface area contributed by atoms with Crippen LogP contribution < -0.4 is 153 Å². The second kappa shape index (κ2) is 49.3. The first-order chi connectivity index (χ1) is 69.1. The molecule has 15 aromatic heterocycles. The van der Waals surface area contributed by atoms with Crippen LogP contribution >= 0.6 is 64.8 Å². The molecule has 0 bridgehead atoms. The number of halogens is 5. The number of nitrogens with one attached hydrogen (secondary N) is 2. The number of carboxylic acids is 1. The zero-order chi connectivity index (χ0) is 97.2. The standard InChI is InChI=1S/C34H20N6O.C18H12N4O.C17H11BrN2.C17H10N4O.C14H12N2.C4H2Br2N2.C2H4O2.CH2F.CH2O3.2CH4.BrH.2Cs/c1-3-9-28-23(7-1)24-14-12-22(20-30(24)39(28)31-11-5-6-16-35-31)41-21-13-15-25-26(19-21)33-38-27-8-2-4-10-29(27)40(33)34-32(25)36-17-18-37-34;1-23-11-6-7-12-13(10-11)17-21-14-4-2-3-5-15(14)22(17)18-16(12)19-8-9-20-18;18-12-8-9-14-13-5-1-2-6-15(13)20(16(14)11-12)17-7-3-4-10-19-17;22-10-5-6-11-12(9-10)16-20-13-3-1-2-4-14(13)21(16)17-15(11)18-7-8-19-17;1-10-5-4-6-11(9-10)14-15-12-7-2-3-8-13(12)16-14;5-3-4(6)8-2-1-7-3;1-2(3)4;1-2;2-1-4-3;;;;;/h1-20H;2-10H,1H3;1-11H;1-9,18H;2-9H,1H3,(H,15,16);1-2H;1H3,(H,3,4);1H2;1,3H;2*1H4;1H;;/q;;;;;;;-1;;;;;2*+1/i/hD. The van der Waals surface area contributed by atoms with E-state index >= 15 is 0 Å². The molecule has 145 heavy (non-hydrogen) atoms. The molecule has 27 rings (SSSR count). The molecule has 0 radical (unpaired) electrons. The van der Waals surface area contributed by atoms with Crippen LogP contribution in [0, 0.1) is 14.1 Å². The Morgan fingerprint density at radius 3 is 1.34 bits per heavy atom. The number of hydrogen-bond acceptors (Lipinski definition) is 20. The molecule has 0 saturated heterocycles. The van der Waals surface area contributed by atoms with Crippen molar-refractivity contribution in [2.45, 2.75) is 28.7 Å². The van der Waals surface area contributed by atoms with Gasteiger partial charge in [0.2, 0.25) is 0 Å². The summed E-state index contributed by atoms with van der Waals surface area (Å²) in [6.07, 6.45) is 17.3. The predicted molar refractivity (Wildman–Crippen MR) is 581 cm³/mol. The number of hydrogen-bond donors (Lipinski definition) is 4. The summed E-state index contributed by atoms with van der Waals surface area (Å²) in [4.78, 5) is 98.6. The van der Waals surface area contributed by atoms with Gasteiger partial charge < -0.3 is 33.8 Å². The van der Waals surface area contributed by atoms with Gasteiger partial charge in [0.15, 0.2) is 22.4 Å². The molecule has 28 nitrogen and oxygen atoms in total. The first-order valence-corrected chi connectivity index (χ1v) is 45.7. The normalized spacial score (nSPS) is 10.7. The van der Waals surface area contributed by atoms with E-state index in [0.717, 1.165) is 204 Å². The number of imidazole rings is 4. The molecular weight excluding hydrogens is 2330 g/mol. The Labute approximate surface area is 981 Å². The van der Waals surface area contributed by atoms with Crippen LogP contribution in [0.5, 0.6) is 17.2 Å². The zero-order valence-corrected chi connectivity index (χ0v) is 95.7. The quantitative estimate of drug-likeness (QED) is 0.0361. The van der Waals surface area contributed by atoms with Crippen LogP contribution in [0.25, 0.3) is 195 Å². The first-order valence-electron chi connectivity index (χ1n) is 43.7. The van der Waals surface area contributed by atoms with Gasteiger partial charge >= 0.3 is 144 Å². The number of aromatic nitrogens is 20. The smallest absolute Gasteiger partial charge is 0.497 e. The Hall–Kier alpha value is -13.0. The molecule has 708 valence electrons. The summed E-state index contributed by atoms with van der Waals surface area (Å²) in [7, 11) is 3.42. The number of carbonyl (C=O) groups excluding carboxylic acids is 1. The van der Waals surface area contributed by atoms with Crippen molar-refractivity contribution >= 4 is 248 Å². The van der Waals surface area contributed by atoms with Crippen molar-refractivity contribution in [2.75, 3.05) is 7.11 Å². The van der Waals surface area contributed by atoms with Crippen molar-refractivity contribution < 1.29 is 176 Å². The van der Waals surface area contributed by atoms with Gasteiger partial charge in [0.1, 0.15) is 71.9 Å². The SMILES string of the molecule is Br.Brc1ccc2c3ccccc3n(-c3ccccn3)c2c1.Brc1nccnc1Br.C.C.CC(=O)O.COc1ccc2c(c1)c1nc3ccccc3n1c1nccnc21.Cc1cccc(-c2nc3ccccc3[nH]2)c1.O=c1ccc2c(c1)c1nc3ccccc3n1c1ncc[nH]c21.[2H]OOC=O.[CH2-]F.[Cs+].[Cs+].c1ccc(-n2c3ccccc3c3ccc(Oc4ccc5c(c4)c4nc6ccccc6n4c4nccnc54)cc32)nc1. The summed E-state index contributed by atoms with van der Waals surface area (Å²) in [6, 6.07) is 99.0. The van der Waals surface area contributed by atoms with Gasteiger partial charge in [-0.05, 0) is 209 Å². The first kappa shape index (κ1) is 106. The van der Waals surface area contributed by atoms with E-state index in [1.165, 1.54) is 32.8 Å². The Balaban J connectivity index is 0.000000141. The van der Waals surface area contributed by atoms with Crippen molar-refractivity contribution in [3.63, 3.8) is 0 Å². The molecular formula is C110H84Br4Cs2FN20O8+. The molecule has 0 aliphatic rings. The molecule has 35 heteroatoms. The molecule has 0 spiro atoms. The fourth-order valence-corrected chi connectivity index (χ4v) is 17.8. The third-order valence-corrected chi connectivity index (χ3v) is 24.9. The minimum atomic E-state index is -0.833. The fourth-order valence-electron chi connectivity index (χ4n) is 17.0. The Bertz CT molecular complexity index is 9410. The van der Waals surface area contributed by atoms with Gasteiger partial charge in [-0.2, -0.15) is 7.18 Å². The number of benzene rings is 12. The van der Waals surface area contributed by atoms with Crippen LogP contribution in [0.3, 0.4) is 0 Å².